The number of anilines is 1. The van der Waals surface area contributed by atoms with E-state index in [1.807, 2.05) is 0 Å². The maximum atomic E-state index is 12.1. The summed E-state index contributed by atoms with van der Waals surface area (Å²) in [4.78, 5) is 23.4. The molecule has 1 amide bonds. The van der Waals surface area contributed by atoms with Crippen LogP contribution in [0.5, 0.6) is 5.75 Å². The minimum absolute atomic E-state index is 0.0240. The van der Waals surface area contributed by atoms with Gasteiger partial charge in [-0.25, -0.2) is 0 Å². The molecule has 0 radical (unpaired) electrons. The third kappa shape index (κ3) is 2.61. The van der Waals surface area contributed by atoms with E-state index in [4.69, 9.17) is 9.47 Å². The van der Waals surface area contributed by atoms with Crippen LogP contribution in [-0.2, 0) is 9.53 Å². The highest BCUT2D eigenvalue weighted by Gasteiger charge is 2.22. The third-order valence-electron chi connectivity index (χ3n) is 3.37. The number of ether oxygens (including phenoxy) is 2. The molecule has 1 aromatic rings. The minimum Gasteiger partial charge on any atom is -0.482 e. The molecule has 2 aliphatic heterocycles. The van der Waals surface area contributed by atoms with Crippen molar-refractivity contribution in [2.75, 3.05) is 18.5 Å². The fourth-order valence-electron chi connectivity index (χ4n) is 2.39. The number of amides is 1. The van der Waals surface area contributed by atoms with Crippen molar-refractivity contribution in [3.8, 4) is 5.75 Å². The van der Waals surface area contributed by atoms with E-state index in [2.05, 4.69) is 5.32 Å². The molecule has 5 heteroatoms. The minimum atomic E-state index is -0.198. The van der Waals surface area contributed by atoms with Gasteiger partial charge >= 0.3 is 0 Å². The van der Waals surface area contributed by atoms with Gasteiger partial charge in [-0.2, -0.15) is 0 Å². The Labute approximate surface area is 110 Å². The van der Waals surface area contributed by atoms with E-state index in [9.17, 15) is 9.59 Å². The summed E-state index contributed by atoms with van der Waals surface area (Å²) in [6.07, 6.45) is 2.39. The van der Waals surface area contributed by atoms with Gasteiger partial charge in [-0.05, 0) is 31.0 Å². The van der Waals surface area contributed by atoms with Gasteiger partial charge in [0.1, 0.15) is 5.75 Å². The Kier molecular flexibility index (Phi) is 3.21. The van der Waals surface area contributed by atoms with E-state index in [1.54, 1.807) is 18.2 Å². The molecule has 0 spiro atoms. The third-order valence-corrected chi connectivity index (χ3v) is 3.37. The summed E-state index contributed by atoms with van der Waals surface area (Å²) in [5, 5.41) is 2.70. The molecule has 5 nitrogen and oxygen atoms in total. The fraction of sp³-hybridized carbons (Fsp3) is 0.429. The van der Waals surface area contributed by atoms with Crippen LogP contribution < -0.4 is 10.1 Å². The standard InChI is InChI=1S/C14H15NO4/c16-12(7-10-2-1-5-18-10)9-3-4-13-11(6-9)15-14(17)8-19-13/h3-4,6,10H,1-2,5,7-8H2,(H,15,17). The molecule has 1 aromatic carbocycles. The van der Waals surface area contributed by atoms with Gasteiger partial charge in [0, 0.05) is 18.6 Å². The highest BCUT2D eigenvalue weighted by atomic mass is 16.5. The predicted molar refractivity (Wildman–Crippen MR) is 68.5 cm³/mol. The molecule has 1 unspecified atom stereocenters. The number of hydrogen-bond donors (Lipinski definition) is 1. The quantitative estimate of drug-likeness (QED) is 0.842. The number of Topliss-reactive ketones (excluding diaryl/α,β-unsaturated/α-hetero) is 1. The summed E-state index contributed by atoms with van der Waals surface area (Å²) in [6.45, 7) is 0.766. The van der Waals surface area contributed by atoms with Crippen molar-refractivity contribution in [2.24, 2.45) is 0 Å². The van der Waals surface area contributed by atoms with Crippen molar-refractivity contribution in [3.05, 3.63) is 23.8 Å². The highest BCUT2D eigenvalue weighted by Crippen LogP contribution is 2.29. The molecule has 0 saturated carbocycles. The molecule has 100 valence electrons. The summed E-state index contributed by atoms with van der Waals surface area (Å²) >= 11 is 0. The Morgan fingerprint density at radius 1 is 1.42 bits per heavy atom. The summed E-state index contributed by atoms with van der Waals surface area (Å²) in [5.41, 5.74) is 1.15. The molecule has 1 atom stereocenters. The molecule has 2 aliphatic rings. The Morgan fingerprint density at radius 3 is 3.11 bits per heavy atom. The topological polar surface area (TPSA) is 64.6 Å². The average Bonchev–Trinajstić information content (AvgIpc) is 2.90. The number of benzene rings is 1. The van der Waals surface area contributed by atoms with Crippen LogP contribution >= 0.6 is 0 Å². The number of fused-ring (bicyclic) bond motifs is 1. The van der Waals surface area contributed by atoms with E-state index in [0.717, 1.165) is 19.4 Å². The van der Waals surface area contributed by atoms with Gasteiger partial charge in [0.05, 0.1) is 11.8 Å². The van der Waals surface area contributed by atoms with Crippen LogP contribution in [0.15, 0.2) is 18.2 Å². The number of carbonyl (C=O) groups is 2. The molecule has 19 heavy (non-hydrogen) atoms. The lowest BCUT2D eigenvalue weighted by Gasteiger charge is -2.18. The summed E-state index contributed by atoms with van der Waals surface area (Å²) < 4.78 is 10.7. The first-order valence-electron chi connectivity index (χ1n) is 6.44. The molecule has 0 aliphatic carbocycles. The SMILES string of the molecule is O=C1COc2ccc(C(=O)CC3CCCO3)cc2N1. The summed E-state index contributed by atoms with van der Waals surface area (Å²) in [7, 11) is 0. The van der Waals surface area contributed by atoms with Crippen molar-refractivity contribution in [2.45, 2.75) is 25.4 Å². The number of nitrogens with one attached hydrogen (secondary N) is 1. The van der Waals surface area contributed by atoms with Gasteiger partial charge in [-0.1, -0.05) is 0 Å². The smallest absolute Gasteiger partial charge is 0.262 e. The molecule has 2 heterocycles. The molecule has 1 fully saturated rings. The highest BCUT2D eigenvalue weighted by molar-refractivity contribution is 6.00. The van der Waals surface area contributed by atoms with Crippen molar-refractivity contribution in [1.82, 2.24) is 0 Å². The summed E-state index contributed by atoms with van der Waals surface area (Å²) in [6, 6.07) is 5.12. The maximum Gasteiger partial charge on any atom is 0.262 e. The van der Waals surface area contributed by atoms with Gasteiger partial charge < -0.3 is 14.8 Å². The first-order valence-corrected chi connectivity index (χ1v) is 6.44. The van der Waals surface area contributed by atoms with E-state index in [1.165, 1.54) is 0 Å². The second-order valence-electron chi connectivity index (χ2n) is 4.81. The van der Waals surface area contributed by atoms with Crippen LogP contribution in [0.25, 0.3) is 0 Å². The number of ketones is 1. The van der Waals surface area contributed by atoms with Gasteiger partial charge in [0.25, 0.3) is 5.91 Å². The first-order chi connectivity index (χ1) is 9.22. The van der Waals surface area contributed by atoms with Crippen molar-refractivity contribution in [1.29, 1.82) is 0 Å². The number of rotatable bonds is 3. The molecule has 0 bridgehead atoms. The zero-order valence-electron chi connectivity index (χ0n) is 10.5. The molecule has 0 aromatic heterocycles. The predicted octanol–water partition coefficient (Wildman–Crippen LogP) is 1.77. The summed E-state index contributed by atoms with van der Waals surface area (Å²) in [5.74, 6) is 0.444. The molecule has 1 saturated heterocycles. The Hall–Kier alpha value is -1.88. The monoisotopic (exact) mass is 261 g/mol. The van der Waals surface area contributed by atoms with Crippen LogP contribution in [0, 0.1) is 0 Å². The first kappa shape index (κ1) is 12.2. The van der Waals surface area contributed by atoms with Gasteiger partial charge in [-0.3, -0.25) is 9.59 Å². The number of carbonyl (C=O) groups excluding carboxylic acids is 2. The molecular weight excluding hydrogens is 246 g/mol. The second kappa shape index (κ2) is 5.01. The fourth-order valence-corrected chi connectivity index (χ4v) is 2.39. The number of hydrogen-bond acceptors (Lipinski definition) is 4. The Bertz CT molecular complexity index is 520. The van der Waals surface area contributed by atoms with Gasteiger partial charge in [0.2, 0.25) is 0 Å². The van der Waals surface area contributed by atoms with Crippen molar-refractivity contribution >= 4 is 17.4 Å². The lowest BCUT2D eigenvalue weighted by atomic mass is 10.0. The lowest BCUT2D eigenvalue weighted by molar-refractivity contribution is -0.118. The average molecular weight is 261 g/mol. The zero-order chi connectivity index (χ0) is 13.2. The maximum absolute atomic E-state index is 12.1. The van der Waals surface area contributed by atoms with Crippen LogP contribution in [0.3, 0.4) is 0 Å². The van der Waals surface area contributed by atoms with Crippen LogP contribution in [0.2, 0.25) is 0 Å². The lowest BCUT2D eigenvalue weighted by Crippen LogP contribution is -2.25. The normalized spacial score (nSPS) is 21.5. The molecule has 3 rings (SSSR count). The van der Waals surface area contributed by atoms with Crippen molar-refractivity contribution < 1.29 is 19.1 Å². The van der Waals surface area contributed by atoms with Crippen LogP contribution in [0.1, 0.15) is 29.6 Å². The van der Waals surface area contributed by atoms with Crippen LogP contribution in [-0.4, -0.2) is 31.0 Å². The van der Waals surface area contributed by atoms with Crippen LogP contribution in [0.4, 0.5) is 5.69 Å². The van der Waals surface area contributed by atoms with E-state index in [0.29, 0.717) is 23.4 Å². The van der Waals surface area contributed by atoms with E-state index >= 15 is 0 Å². The van der Waals surface area contributed by atoms with Gasteiger partial charge in [-0.15, -0.1) is 0 Å². The Balaban J connectivity index is 1.75. The second-order valence-corrected chi connectivity index (χ2v) is 4.81. The van der Waals surface area contributed by atoms with Crippen molar-refractivity contribution in [3.63, 3.8) is 0 Å². The largest absolute Gasteiger partial charge is 0.482 e. The molecule has 1 N–H and O–H groups in total. The van der Waals surface area contributed by atoms with E-state index < -0.39 is 0 Å². The molecular formula is C14H15NO4. The van der Waals surface area contributed by atoms with E-state index in [-0.39, 0.29) is 24.4 Å². The zero-order valence-corrected chi connectivity index (χ0v) is 10.5. The Morgan fingerprint density at radius 2 is 2.32 bits per heavy atom. The van der Waals surface area contributed by atoms with Gasteiger partial charge in [0.15, 0.2) is 12.4 Å².